The Hall–Kier alpha value is -0.940. The number of nitrogens with zero attached hydrogens (tertiary/aromatic N) is 4. The highest BCUT2D eigenvalue weighted by Crippen LogP contribution is 2.26. The first-order valence-corrected chi connectivity index (χ1v) is 7.54. The number of hydrogen-bond donors (Lipinski definition) is 1. The molecule has 19 heavy (non-hydrogen) atoms. The average Bonchev–Trinajstić information content (AvgIpc) is 3.06. The maximum absolute atomic E-state index is 4.26. The molecule has 1 atom stereocenters. The van der Waals surface area contributed by atoms with E-state index in [4.69, 9.17) is 0 Å². The number of aryl methyl sites for hydroxylation is 1. The van der Waals surface area contributed by atoms with Crippen LogP contribution < -0.4 is 5.32 Å². The minimum absolute atomic E-state index is 0.791. The topological polar surface area (TPSA) is 46.0 Å². The Kier molecular flexibility index (Phi) is 3.84. The average molecular weight is 263 g/mol. The van der Waals surface area contributed by atoms with Crippen molar-refractivity contribution in [1.82, 2.24) is 25.0 Å². The van der Waals surface area contributed by atoms with Gasteiger partial charge in [-0.25, -0.2) is 0 Å². The monoisotopic (exact) mass is 263 g/mol. The van der Waals surface area contributed by atoms with Crippen molar-refractivity contribution in [2.75, 3.05) is 19.6 Å². The highest BCUT2D eigenvalue weighted by atomic mass is 15.3. The number of nitrogens with one attached hydrogen (secondary N) is 1. The largest absolute Gasteiger partial charge is 0.317 e. The fourth-order valence-corrected chi connectivity index (χ4v) is 3.42. The summed E-state index contributed by atoms with van der Waals surface area (Å²) in [6.45, 7) is 6.59. The van der Waals surface area contributed by atoms with Crippen LogP contribution in [0.5, 0.6) is 0 Å². The molecule has 5 nitrogen and oxygen atoms in total. The van der Waals surface area contributed by atoms with Gasteiger partial charge in [-0.3, -0.25) is 4.90 Å². The summed E-state index contributed by atoms with van der Waals surface area (Å²) in [4.78, 5) is 2.52. The van der Waals surface area contributed by atoms with Gasteiger partial charge in [-0.15, -0.1) is 10.2 Å². The van der Waals surface area contributed by atoms with E-state index >= 15 is 0 Å². The third-order valence-electron chi connectivity index (χ3n) is 4.85. The van der Waals surface area contributed by atoms with Crippen molar-refractivity contribution in [3.05, 3.63) is 11.6 Å². The summed E-state index contributed by atoms with van der Waals surface area (Å²) in [5, 5.41) is 12.1. The molecule has 0 aromatic carbocycles. The molecule has 1 aromatic heterocycles. The molecule has 2 saturated heterocycles. The summed E-state index contributed by atoms with van der Waals surface area (Å²) in [5.41, 5.74) is 0. The van der Waals surface area contributed by atoms with Crippen LogP contribution in [-0.2, 0) is 13.6 Å². The van der Waals surface area contributed by atoms with E-state index in [0.29, 0.717) is 0 Å². The van der Waals surface area contributed by atoms with Gasteiger partial charge in [0.1, 0.15) is 11.6 Å². The molecule has 0 bridgehead atoms. The molecule has 1 N–H and O–H groups in total. The number of rotatable bonds is 3. The molecule has 0 aliphatic carbocycles. The molecule has 0 spiro atoms. The van der Waals surface area contributed by atoms with Crippen molar-refractivity contribution < 1.29 is 0 Å². The van der Waals surface area contributed by atoms with Crippen LogP contribution in [0.25, 0.3) is 0 Å². The minimum Gasteiger partial charge on any atom is -0.317 e. The van der Waals surface area contributed by atoms with Crippen molar-refractivity contribution in [3.63, 3.8) is 0 Å². The molecular formula is C14H25N5. The Morgan fingerprint density at radius 1 is 1.21 bits per heavy atom. The van der Waals surface area contributed by atoms with E-state index in [0.717, 1.165) is 30.2 Å². The lowest BCUT2D eigenvalue weighted by atomic mass is 9.88. The van der Waals surface area contributed by atoms with Gasteiger partial charge in [-0.1, -0.05) is 0 Å². The van der Waals surface area contributed by atoms with Gasteiger partial charge in [0.15, 0.2) is 0 Å². The van der Waals surface area contributed by atoms with Crippen molar-refractivity contribution in [2.45, 2.75) is 45.2 Å². The Morgan fingerprint density at radius 2 is 2.00 bits per heavy atom. The van der Waals surface area contributed by atoms with Crippen LogP contribution in [0.1, 0.15) is 37.3 Å². The summed E-state index contributed by atoms with van der Waals surface area (Å²) >= 11 is 0. The van der Waals surface area contributed by atoms with Gasteiger partial charge < -0.3 is 9.88 Å². The first kappa shape index (κ1) is 13.1. The van der Waals surface area contributed by atoms with Gasteiger partial charge in [-0.05, 0) is 58.2 Å². The molecule has 2 fully saturated rings. The Bertz CT molecular complexity index is 413. The molecular weight excluding hydrogens is 238 g/mol. The van der Waals surface area contributed by atoms with Gasteiger partial charge in [0.2, 0.25) is 0 Å². The van der Waals surface area contributed by atoms with Crippen LogP contribution in [0.4, 0.5) is 0 Å². The smallest absolute Gasteiger partial charge is 0.146 e. The van der Waals surface area contributed by atoms with Crippen molar-refractivity contribution in [3.8, 4) is 0 Å². The predicted octanol–water partition coefficient (Wildman–Crippen LogP) is 1.09. The molecule has 1 aromatic rings. The van der Waals surface area contributed by atoms with Gasteiger partial charge in [-0.2, -0.15) is 0 Å². The van der Waals surface area contributed by atoms with Gasteiger partial charge in [0, 0.05) is 13.1 Å². The summed E-state index contributed by atoms with van der Waals surface area (Å²) in [6.07, 6.45) is 5.40. The molecule has 0 amide bonds. The first-order chi connectivity index (χ1) is 9.24. The van der Waals surface area contributed by atoms with Crippen LogP contribution in [-0.4, -0.2) is 45.3 Å². The normalized spacial score (nSPS) is 26.1. The Morgan fingerprint density at radius 3 is 2.58 bits per heavy atom. The fraction of sp³-hybridized carbons (Fsp3) is 0.857. The Labute approximate surface area is 115 Å². The second-order valence-corrected chi connectivity index (χ2v) is 6.04. The zero-order valence-corrected chi connectivity index (χ0v) is 12.1. The molecule has 106 valence electrons. The fourth-order valence-electron chi connectivity index (χ4n) is 3.42. The first-order valence-electron chi connectivity index (χ1n) is 7.54. The summed E-state index contributed by atoms with van der Waals surface area (Å²) < 4.78 is 2.10. The second-order valence-electron chi connectivity index (χ2n) is 6.04. The van der Waals surface area contributed by atoms with E-state index < -0.39 is 0 Å². The van der Waals surface area contributed by atoms with Crippen molar-refractivity contribution >= 4 is 0 Å². The SMILES string of the molecule is Cc1nnc(CN2CCC(C3CCCN3)CC2)n1C. The van der Waals surface area contributed by atoms with Crippen molar-refractivity contribution in [1.29, 1.82) is 0 Å². The summed E-state index contributed by atoms with van der Waals surface area (Å²) in [7, 11) is 2.06. The Balaban J connectivity index is 1.51. The lowest BCUT2D eigenvalue weighted by molar-refractivity contribution is 0.153. The molecule has 5 heteroatoms. The highest BCUT2D eigenvalue weighted by Gasteiger charge is 2.28. The third-order valence-corrected chi connectivity index (χ3v) is 4.85. The lowest BCUT2D eigenvalue weighted by Gasteiger charge is -2.34. The number of hydrogen-bond acceptors (Lipinski definition) is 4. The molecule has 3 rings (SSSR count). The van der Waals surface area contributed by atoms with E-state index in [1.165, 1.54) is 45.3 Å². The van der Waals surface area contributed by atoms with E-state index in [2.05, 4.69) is 32.0 Å². The standard InChI is InChI=1S/C14H25N5/c1-11-16-17-14(18(11)2)10-19-8-5-12(6-9-19)13-4-3-7-15-13/h12-13,15H,3-10H2,1-2H3. The second kappa shape index (κ2) is 5.59. The molecule has 0 saturated carbocycles. The van der Waals surface area contributed by atoms with Gasteiger partial charge in [0.05, 0.1) is 6.54 Å². The molecule has 1 unspecified atom stereocenters. The van der Waals surface area contributed by atoms with E-state index in [1.54, 1.807) is 0 Å². The minimum atomic E-state index is 0.791. The highest BCUT2D eigenvalue weighted by molar-refractivity contribution is 4.93. The molecule has 3 heterocycles. The molecule has 0 radical (unpaired) electrons. The van der Waals surface area contributed by atoms with Crippen LogP contribution in [0.2, 0.25) is 0 Å². The summed E-state index contributed by atoms with van der Waals surface area (Å²) in [5.74, 6) is 2.98. The third kappa shape index (κ3) is 2.82. The van der Waals surface area contributed by atoms with Crippen LogP contribution >= 0.6 is 0 Å². The van der Waals surface area contributed by atoms with E-state index in [1.807, 2.05) is 6.92 Å². The van der Waals surface area contributed by atoms with Crippen molar-refractivity contribution in [2.24, 2.45) is 13.0 Å². The molecule has 2 aliphatic rings. The van der Waals surface area contributed by atoms with Gasteiger partial charge >= 0.3 is 0 Å². The van der Waals surface area contributed by atoms with Crippen LogP contribution in [0.15, 0.2) is 0 Å². The zero-order chi connectivity index (χ0) is 13.2. The molecule has 2 aliphatic heterocycles. The quantitative estimate of drug-likeness (QED) is 0.886. The lowest BCUT2D eigenvalue weighted by Crippen LogP contribution is -2.40. The zero-order valence-electron chi connectivity index (χ0n) is 12.1. The van der Waals surface area contributed by atoms with E-state index in [9.17, 15) is 0 Å². The number of likely N-dealkylation sites (tertiary alicyclic amines) is 1. The van der Waals surface area contributed by atoms with Gasteiger partial charge in [0.25, 0.3) is 0 Å². The van der Waals surface area contributed by atoms with Crippen LogP contribution in [0.3, 0.4) is 0 Å². The van der Waals surface area contributed by atoms with Crippen LogP contribution in [0, 0.1) is 12.8 Å². The predicted molar refractivity (Wildman–Crippen MR) is 74.8 cm³/mol. The maximum Gasteiger partial charge on any atom is 0.146 e. The summed E-state index contributed by atoms with van der Waals surface area (Å²) in [6, 6.07) is 0.791. The van der Waals surface area contributed by atoms with E-state index in [-0.39, 0.29) is 0 Å². The number of piperidine rings is 1. The number of aromatic nitrogens is 3. The maximum atomic E-state index is 4.26.